The molecule has 2 aromatic heterocycles. The van der Waals surface area contributed by atoms with E-state index in [4.69, 9.17) is 0 Å². The van der Waals surface area contributed by atoms with Gasteiger partial charge in [0.1, 0.15) is 11.6 Å². The van der Waals surface area contributed by atoms with Gasteiger partial charge in [0, 0.05) is 38.3 Å². The Morgan fingerprint density at radius 2 is 1.77 bits per heavy atom. The molecule has 1 aliphatic heterocycles. The van der Waals surface area contributed by atoms with Gasteiger partial charge in [-0.2, -0.15) is 0 Å². The van der Waals surface area contributed by atoms with E-state index in [0.29, 0.717) is 5.82 Å². The van der Waals surface area contributed by atoms with Gasteiger partial charge in [0.25, 0.3) is 0 Å². The number of anilines is 3. The Bertz CT molecular complexity index is 692. The minimum atomic E-state index is 0.0520. The van der Waals surface area contributed by atoms with Crippen molar-refractivity contribution in [2.45, 2.75) is 26.7 Å². The monoisotopic (exact) mass is 353 g/mol. The largest absolute Gasteiger partial charge is 0.367 e. The second-order valence-corrected chi connectivity index (χ2v) is 6.57. The molecular weight excluding hydrogens is 326 g/mol. The van der Waals surface area contributed by atoms with Crippen molar-refractivity contribution in [1.82, 2.24) is 9.97 Å². The van der Waals surface area contributed by atoms with E-state index in [-0.39, 0.29) is 11.8 Å². The van der Waals surface area contributed by atoms with Gasteiger partial charge in [0.2, 0.25) is 5.91 Å². The third-order valence-corrected chi connectivity index (χ3v) is 4.97. The van der Waals surface area contributed by atoms with Crippen molar-refractivity contribution in [3.8, 4) is 0 Å². The van der Waals surface area contributed by atoms with E-state index >= 15 is 0 Å². The number of amides is 1. The Morgan fingerprint density at radius 3 is 2.35 bits per heavy atom. The lowest BCUT2D eigenvalue weighted by molar-refractivity contribution is -0.120. The first-order valence-electron chi connectivity index (χ1n) is 9.39. The topological polar surface area (TPSA) is 61.4 Å². The van der Waals surface area contributed by atoms with Gasteiger partial charge in [-0.25, -0.2) is 9.97 Å². The van der Waals surface area contributed by atoms with E-state index in [9.17, 15) is 4.79 Å². The Balaban J connectivity index is 1.55. The number of nitrogens with one attached hydrogen (secondary N) is 1. The molecule has 0 aromatic carbocycles. The molecule has 0 atom stereocenters. The predicted octanol–water partition coefficient (Wildman–Crippen LogP) is 3.18. The molecule has 0 aliphatic carbocycles. The van der Waals surface area contributed by atoms with Crippen molar-refractivity contribution in [3.63, 3.8) is 0 Å². The van der Waals surface area contributed by atoms with Crippen LogP contribution in [0.3, 0.4) is 0 Å². The fourth-order valence-electron chi connectivity index (χ4n) is 3.27. The molecule has 138 valence electrons. The molecule has 0 unspecified atom stereocenters. The number of carbonyl (C=O) groups excluding carboxylic acids is 1. The molecule has 1 fully saturated rings. The summed E-state index contributed by atoms with van der Waals surface area (Å²) in [6.07, 6.45) is 5.38. The zero-order valence-corrected chi connectivity index (χ0v) is 15.6. The van der Waals surface area contributed by atoms with E-state index in [2.05, 4.69) is 31.2 Å². The third-order valence-electron chi connectivity index (χ3n) is 4.97. The number of nitrogens with zero attached hydrogens (tertiary/aromatic N) is 4. The predicted molar refractivity (Wildman–Crippen MR) is 106 cm³/mol. The number of piperazine rings is 1. The number of rotatable bonds is 6. The Morgan fingerprint density at radius 1 is 1.04 bits per heavy atom. The standard InChI is InChI=1S/C20H27N5O/c1-3-16(4-2)20(26)23-18-9-8-17(15-22-18)24-11-13-25(14-12-24)19-7-5-6-10-21-19/h5-10,15-16H,3-4,11-14H2,1-2H3,(H,22,23,26). The van der Waals surface area contributed by atoms with E-state index in [1.54, 1.807) is 0 Å². The van der Waals surface area contributed by atoms with Crippen molar-refractivity contribution >= 4 is 23.2 Å². The van der Waals surface area contributed by atoms with Crippen molar-refractivity contribution in [3.05, 3.63) is 42.7 Å². The van der Waals surface area contributed by atoms with Crippen LogP contribution in [0.4, 0.5) is 17.3 Å². The summed E-state index contributed by atoms with van der Waals surface area (Å²) < 4.78 is 0. The lowest BCUT2D eigenvalue weighted by atomic mass is 10.0. The van der Waals surface area contributed by atoms with Crippen LogP contribution in [0.2, 0.25) is 0 Å². The first kappa shape index (κ1) is 18.2. The van der Waals surface area contributed by atoms with Gasteiger partial charge < -0.3 is 15.1 Å². The minimum absolute atomic E-state index is 0.0520. The molecule has 2 aromatic rings. The quantitative estimate of drug-likeness (QED) is 0.864. The van der Waals surface area contributed by atoms with Crippen LogP contribution >= 0.6 is 0 Å². The van der Waals surface area contributed by atoms with E-state index in [1.807, 2.05) is 50.5 Å². The molecule has 1 amide bonds. The summed E-state index contributed by atoms with van der Waals surface area (Å²) in [6.45, 7) is 7.80. The Kier molecular flexibility index (Phi) is 6.04. The summed E-state index contributed by atoms with van der Waals surface area (Å²) in [5.74, 6) is 1.76. The van der Waals surface area contributed by atoms with Crippen molar-refractivity contribution in [2.24, 2.45) is 5.92 Å². The normalized spacial score (nSPS) is 14.6. The minimum Gasteiger partial charge on any atom is -0.367 e. The highest BCUT2D eigenvalue weighted by Gasteiger charge is 2.19. The number of hydrogen-bond donors (Lipinski definition) is 1. The van der Waals surface area contributed by atoms with Gasteiger partial charge in [-0.3, -0.25) is 4.79 Å². The van der Waals surface area contributed by atoms with Crippen molar-refractivity contribution in [1.29, 1.82) is 0 Å². The highest BCUT2D eigenvalue weighted by Crippen LogP contribution is 2.20. The zero-order chi connectivity index (χ0) is 18.4. The van der Waals surface area contributed by atoms with Gasteiger partial charge in [0.05, 0.1) is 11.9 Å². The summed E-state index contributed by atoms with van der Waals surface area (Å²) in [6, 6.07) is 9.93. The molecule has 0 radical (unpaired) electrons. The van der Waals surface area contributed by atoms with Gasteiger partial charge in [0.15, 0.2) is 0 Å². The fraction of sp³-hybridized carbons (Fsp3) is 0.450. The van der Waals surface area contributed by atoms with Crippen LogP contribution < -0.4 is 15.1 Å². The first-order chi connectivity index (χ1) is 12.7. The van der Waals surface area contributed by atoms with Crippen LogP contribution in [0.1, 0.15) is 26.7 Å². The van der Waals surface area contributed by atoms with Crippen LogP contribution in [0.5, 0.6) is 0 Å². The van der Waals surface area contributed by atoms with E-state index in [0.717, 1.165) is 50.5 Å². The summed E-state index contributed by atoms with van der Waals surface area (Å²) in [7, 11) is 0. The number of carbonyl (C=O) groups is 1. The van der Waals surface area contributed by atoms with Crippen LogP contribution in [0.15, 0.2) is 42.7 Å². The maximum atomic E-state index is 12.2. The molecule has 1 aliphatic rings. The lowest BCUT2D eigenvalue weighted by Gasteiger charge is -2.36. The molecule has 3 heterocycles. The molecule has 6 nitrogen and oxygen atoms in total. The lowest BCUT2D eigenvalue weighted by Crippen LogP contribution is -2.46. The second-order valence-electron chi connectivity index (χ2n) is 6.57. The summed E-state index contributed by atoms with van der Waals surface area (Å²) >= 11 is 0. The van der Waals surface area contributed by atoms with Crippen LogP contribution in [-0.2, 0) is 4.79 Å². The third kappa shape index (κ3) is 4.31. The molecule has 3 rings (SSSR count). The second kappa shape index (κ2) is 8.65. The van der Waals surface area contributed by atoms with E-state index in [1.165, 1.54) is 0 Å². The average Bonchev–Trinajstić information content (AvgIpc) is 2.70. The Labute approximate surface area is 155 Å². The van der Waals surface area contributed by atoms with Gasteiger partial charge in [-0.15, -0.1) is 0 Å². The average molecular weight is 353 g/mol. The first-order valence-corrected chi connectivity index (χ1v) is 9.39. The van der Waals surface area contributed by atoms with Crippen LogP contribution in [-0.4, -0.2) is 42.1 Å². The van der Waals surface area contributed by atoms with Crippen LogP contribution in [0.25, 0.3) is 0 Å². The molecule has 26 heavy (non-hydrogen) atoms. The van der Waals surface area contributed by atoms with Crippen molar-refractivity contribution < 1.29 is 4.79 Å². The highest BCUT2D eigenvalue weighted by molar-refractivity contribution is 5.91. The SMILES string of the molecule is CCC(CC)C(=O)Nc1ccc(N2CCN(c3ccccn3)CC2)cn1. The van der Waals surface area contributed by atoms with Crippen LogP contribution in [0, 0.1) is 5.92 Å². The van der Waals surface area contributed by atoms with Gasteiger partial charge in [-0.05, 0) is 37.1 Å². The smallest absolute Gasteiger partial charge is 0.228 e. The Hall–Kier alpha value is -2.63. The molecule has 1 saturated heterocycles. The van der Waals surface area contributed by atoms with Gasteiger partial charge in [-0.1, -0.05) is 19.9 Å². The number of hydrogen-bond acceptors (Lipinski definition) is 5. The summed E-state index contributed by atoms with van der Waals surface area (Å²) in [4.78, 5) is 25.6. The molecular formula is C20H27N5O. The number of pyridine rings is 2. The molecule has 1 N–H and O–H groups in total. The maximum Gasteiger partial charge on any atom is 0.228 e. The molecule has 0 spiro atoms. The maximum absolute atomic E-state index is 12.2. The highest BCUT2D eigenvalue weighted by atomic mass is 16.1. The van der Waals surface area contributed by atoms with E-state index < -0.39 is 0 Å². The zero-order valence-electron chi connectivity index (χ0n) is 15.6. The van der Waals surface area contributed by atoms with Gasteiger partial charge >= 0.3 is 0 Å². The summed E-state index contributed by atoms with van der Waals surface area (Å²) in [5, 5.41) is 2.92. The molecule has 6 heteroatoms. The van der Waals surface area contributed by atoms with Crippen molar-refractivity contribution in [2.75, 3.05) is 41.3 Å². The number of aromatic nitrogens is 2. The molecule has 0 saturated carbocycles. The summed E-state index contributed by atoms with van der Waals surface area (Å²) in [5.41, 5.74) is 1.09. The molecule has 0 bridgehead atoms. The fourth-order valence-corrected chi connectivity index (χ4v) is 3.27.